The summed E-state index contributed by atoms with van der Waals surface area (Å²) in [6, 6.07) is -1.53. The fraction of sp³-hybridized carbons (Fsp3) is 0.786. The van der Waals surface area contributed by atoms with E-state index in [1.54, 1.807) is 0 Å². The Morgan fingerprint density at radius 3 is 1.52 bits per heavy atom. The van der Waals surface area contributed by atoms with Crippen molar-refractivity contribution in [1.82, 2.24) is 0 Å². The van der Waals surface area contributed by atoms with Crippen LogP contribution in [0.2, 0.25) is 0 Å². The Morgan fingerprint density at radius 2 is 0.981 bits per heavy atom. The average molecular weight is 786 g/mol. The number of carbonyl (C=O) groups is 3. The van der Waals surface area contributed by atoms with Crippen molar-refractivity contribution < 1.29 is 47.5 Å². The highest BCUT2D eigenvalue weighted by molar-refractivity contribution is 7.47. The van der Waals surface area contributed by atoms with Crippen LogP contribution in [0.25, 0.3) is 0 Å². The Balaban J connectivity index is 4.45. The molecule has 0 aromatic carbocycles. The van der Waals surface area contributed by atoms with Gasteiger partial charge in [-0.1, -0.05) is 134 Å². The smallest absolute Gasteiger partial charge is 0.472 e. The third kappa shape index (κ3) is 36.7. The fourth-order valence-corrected chi connectivity index (χ4v) is 6.28. The van der Waals surface area contributed by atoms with Gasteiger partial charge in [-0.2, -0.15) is 0 Å². The fourth-order valence-electron chi connectivity index (χ4n) is 5.50. The van der Waals surface area contributed by atoms with E-state index in [-0.39, 0.29) is 19.4 Å². The van der Waals surface area contributed by atoms with E-state index in [2.05, 4.69) is 54.8 Å². The Kier molecular flexibility index (Phi) is 36.0. The van der Waals surface area contributed by atoms with E-state index in [0.717, 1.165) is 51.4 Å². The van der Waals surface area contributed by atoms with Crippen molar-refractivity contribution in [2.75, 3.05) is 19.8 Å². The number of aliphatic carboxylic acids is 1. The second kappa shape index (κ2) is 37.6. The zero-order chi connectivity index (χ0) is 40.0. The zero-order valence-electron chi connectivity index (χ0n) is 33.8. The molecule has 0 aliphatic rings. The molecule has 0 spiro atoms. The second-order valence-electron chi connectivity index (χ2n) is 14.1. The number of unbranched alkanes of at least 4 members (excludes halogenated alkanes) is 19. The van der Waals surface area contributed by atoms with Gasteiger partial charge in [0.15, 0.2) is 6.10 Å². The van der Waals surface area contributed by atoms with E-state index < -0.39 is 51.1 Å². The topological polar surface area (TPSA) is 172 Å². The van der Waals surface area contributed by atoms with Crippen LogP contribution in [0, 0.1) is 0 Å². The molecule has 0 saturated carbocycles. The summed E-state index contributed by atoms with van der Waals surface area (Å²) in [5, 5.41) is 8.87. The maximum absolute atomic E-state index is 12.6. The van der Waals surface area contributed by atoms with Gasteiger partial charge >= 0.3 is 25.7 Å². The number of allylic oxidation sites excluding steroid dienone is 6. The molecule has 0 bridgehead atoms. The summed E-state index contributed by atoms with van der Waals surface area (Å²) >= 11 is 0. The molecular weight excluding hydrogens is 709 g/mol. The molecule has 0 aliphatic carbocycles. The number of rotatable bonds is 39. The molecule has 0 aromatic rings. The monoisotopic (exact) mass is 786 g/mol. The first-order chi connectivity index (χ1) is 26.1. The molecule has 0 rings (SSSR count). The van der Waals surface area contributed by atoms with Gasteiger partial charge in [0, 0.05) is 12.8 Å². The van der Waals surface area contributed by atoms with Crippen LogP contribution in [0.3, 0.4) is 0 Å². The third-order valence-corrected chi connectivity index (χ3v) is 9.81. The van der Waals surface area contributed by atoms with Crippen LogP contribution in [0.15, 0.2) is 36.5 Å². The Bertz CT molecular complexity index is 1060. The van der Waals surface area contributed by atoms with Gasteiger partial charge in [0.2, 0.25) is 0 Å². The summed E-state index contributed by atoms with van der Waals surface area (Å²) in [6.45, 7) is 2.74. The van der Waals surface area contributed by atoms with E-state index >= 15 is 0 Å². The molecule has 1 unspecified atom stereocenters. The normalized spacial score (nSPS) is 14.1. The highest BCUT2D eigenvalue weighted by Gasteiger charge is 2.28. The largest absolute Gasteiger partial charge is 0.480 e. The number of carbonyl (C=O) groups excluding carboxylic acids is 2. The van der Waals surface area contributed by atoms with E-state index in [9.17, 15) is 23.8 Å². The number of phosphoric ester groups is 1. The first-order valence-electron chi connectivity index (χ1n) is 21.0. The summed E-state index contributed by atoms with van der Waals surface area (Å²) < 4.78 is 32.6. The lowest BCUT2D eigenvalue weighted by Crippen LogP contribution is -2.34. The summed E-state index contributed by atoms with van der Waals surface area (Å²) in [6.07, 6.45) is 39.2. The number of carboxylic acid groups (broad SMARTS) is 1. The van der Waals surface area contributed by atoms with E-state index in [4.69, 9.17) is 24.8 Å². The maximum atomic E-state index is 12.6. The molecule has 12 heteroatoms. The lowest BCUT2D eigenvalue weighted by Gasteiger charge is -2.20. The standard InChI is InChI=1S/C42H76NO10P/c1-3-5-7-9-11-13-15-17-19-21-23-25-27-29-31-33-40(44)50-35-38(36-51-54(48,49)52-37-39(43)42(46)47)53-41(45)34-32-30-28-26-24-22-20-18-16-14-12-10-8-6-4-2/h13,15,18,20,24,26,38-39H,3-12,14,16-17,19,21-23,25,27-37,43H2,1-2H3,(H,46,47)(H,48,49)/b15-13+,20-18+,26-24+/t38-,39+/m1/s1. The zero-order valence-corrected chi connectivity index (χ0v) is 34.7. The number of nitrogens with two attached hydrogens (primary N) is 1. The number of carboxylic acids is 1. The minimum absolute atomic E-state index is 0.118. The molecule has 0 fully saturated rings. The molecule has 0 amide bonds. The summed E-state index contributed by atoms with van der Waals surface area (Å²) in [5.74, 6) is -2.43. The predicted octanol–water partition coefficient (Wildman–Crippen LogP) is 10.8. The maximum Gasteiger partial charge on any atom is 0.472 e. The molecule has 0 radical (unpaired) electrons. The van der Waals surface area contributed by atoms with Gasteiger partial charge in [-0.3, -0.25) is 23.4 Å². The van der Waals surface area contributed by atoms with Crippen LogP contribution in [-0.2, 0) is 37.5 Å². The van der Waals surface area contributed by atoms with Gasteiger partial charge < -0.3 is 25.2 Å². The molecule has 0 saturated heterocycles. The van der Waals surface area contributed by atoms with Crippen molar-refractivity contribution in [3.05, 3.63) is 36.5 Å². The SMILES string of the molecule is CCCCCC/C=C/CCCCCCCCCC(=O)OC[C@H](COP(=O)(O)OC[C@H](N)C(=O)O)OC(=O)CCCC/C=C/C/C=C/CCCCCCCC. The Morgan fingerprint density at radius 1 is 0.574 bits per heavy atom. The van der Waals surface area contributed by atoms with Crippen LogP contribution in [-0.4, -0.2) is 59.9 Å². The lowest BCUT2D eigenvalue weighted by atomic mass is 10.1. The second-order valence-corrected chi connectivity index (χ2v) is 15.6. The van der Waals surface area contributed by atoms with Crippen LogP contribution < -0.4 is 5.73 Å². The van der Waals surface area contributed by atoms with Gasteiger partial charge in [0.25, 0.3) is 0 Å². The van der Waals surface area contributed by atoms with Crippen LogP contribution in [0.1, 0.15) is 181 Å². The van der Waals surface area contributed by atoms with E-state index in [1.807, 2.05) is 0 Å². The van der Waals surface area contributed by atoms with Gasteiger partial charge in [-0.25, -0.2) is 4.57 Å². The third-order valence-electron chi connectivity index (χ3n) is 8.86. The van der Waals surface area contributed by atoms with Crippen LogP contribution >= 0.6 is 7.82 Å². The molecular formula is C42H76NO10P. The first kappa shape index (κ1) is 51.7. The number of hydrogen-bond acceptors (Lipinski definition) is 9. The first-order valence-corrected chi connectivity index (χ1v) is 22.5. The molecule has 3 atom stereocenters. The van der Waals surface area contributed by atoms with Crippen molar-refractivity contribution in [3.63, 3.8) is 0 Å². The number of esters is 2. The highest BCUT2D eigenvalue weighted by Crippen LogP contribution is 2.43. The Hall–Kier alpha value is -2.30. The average Bonchev–Trinajstić information content (AvgIpc) is 3.14. The van der Waals surface area contributed by atoms with Gasteiger partial charge in [-0.15, -0.1) is 0 Å². The van der Waals surface area contributed by atoms with Crippen molar-refractivity contribution in [2.45, 2.75) is 193 Å². The van der Waals surface area contributed by atoms with Gasteiger partial charge in [0.05, 0.1) is 13.2 Å². The number of phosphoric acid groups is 1. The molecule has 11 nitrogen and oxygen atoms in total. The number of ether oxygens (including phenoxy) is 2. The van der Waals surface area contributed by atoms with Crippen LogP contribution in [0.5, 0.6) is 0 Å². The quantitative estimate of drug-likeness (QED) is 0.0234. The Labute approximate surface area is 327 Å². The lowest BCUT2D eigenvalue weighted by molar-refractivity contribution is -0.161. The van der Waals surface area contributed by atoms with Crippen molar-refractivity contribution >= 4 is 25.7 Å². The molecule has 4 N–H and O–H groups in total. The summed E-state index contributed by atoms with van der Waals surface area (Å²) in [5.41, 5.74) is 5.32. The predicted molar refractivity (Wildman–Crippen MR) is 217 cm³/mol. The minimum atomic E-state index is -4.72. The van der Waals surface area contributed by atoms with Gasteiger partial charge in [0.1, 0.15) is 12.6 Å². The van der Waals surface area contributed by atoms with E-state index in [0.29, 0.717) is 12.8 Å². The van der Waals surface area contributed by atoms with E-state index in [1.165, 1.54) is 89.9 Å². The van der Waals surface area contributed by atoms with Crippen molar-refractivity contribution in [2.24, 2.45) is 5.73 Å². The summed E-state index contributed by atoms with van der Waals surface area (Å²) in [4.78, 5) is 45.9. The minimum Gasteiger partial charge on any atom is -0.480 e. The molecule has 0 heterocycles. The molecule has 0 aliphatic heterocycles. The van der Waals surface area contributed by atoms with Crippen molar-refractivity contribution in [1.29, 1.82) is 0 Å². The van der Waals surface area contributed by atoms with Gasteiger partial charge in [-0.05, 0) is 70.6 Å². The molecule has 314 valence electrons. The highest BCUT2D eigenvalue weighted by atomic mass is 31.2. The summed E-state index contributed by atoms with van der Waals surface area (Å²) in [7, 11) is -4.72. The van der Waals surface area contributed by atoms with Crippen molar-refractivity contribution in [3.8, 4) is 0 Å². The molecule has 0 aromatic heterocycles. The van der Waals surface area contributed by atoms with Crippen LogP contribution in [0.4, 0.5) is 0 Å². The number of hydrogen-bond donors (Lipinski definition) is 3. The molecule has 54 heavy (non-hydrogen) atoms.